The molecule has 0 N–H and O–H groups in total. The lowest BCUT2D eigenvalue weighted by Crippen LogP contribution is -2.48. The summed E-state index contributed by atoms with van der Waals surface area (Å²) in [6, 6.07) is 8.29. The molecule has 1 fully saturated rings. The first kappa shape index (κ1) is 10.0. The molecule has 15 heavy (non-hydrogen) atoms. The number of benzene rings is 1. The van der Waals surface area contributed by atoms with Crippen LogP contribution < -0.4 is 4.90 Å². The van der Waals surface area contributed by atoms with E-state index in [9.17, 15) is 4.79 Å². The Morgan fingerprint density at radius 1 is 1.27 bits per heavy atom. The maximum absolute atomic E-state index is 11.5. The predicted octanol–water partition coefficient (Wildman–Crippen LogP) is 1.27. The third-order valence-corrected chi connectivity index (χ3v) is 2.82. The molecule has 0 unspecified atom stereocenters. The van der Waals surface area contributed by atoms with Gasteiger partial charge in [0.15, 0.2) is 0 Å². The maximum atomic E-state index is 11.5. The van der Waals surface area contributed by atoms with Crippen LogP contribution in [0.3, 0.4) is 0 Å². The Morgan fingerprint density at radius 2 is 2.07 bits per heavy atom. The van der Waals surface area contributed by atoms with Crippen molar-refractivity contribution in [3.63, 3.8) is 0 Å². The fraction of sp³-hybridized carbons (Fsp3) is 0.417. The molecule has 1 aromatic carbocycles. The molecule has 0 bridgehead atoms. The average Bonchev–Trinajstić information content (AvgIpc) is 2.22. The van der Waals surface area contributed by atoms with Gasteiger partial charge in [0.2, 0.25) is 5.91 Å². The molecule has 0 saturated carbocycles. The number of anilines is 1. The predicted molar refractivity (Wildman–Crippen MR) is 61.0 cm³/mol. The van der Waals surface area contributed by atoms with Crippen molar-refractivity contribution < 1.29 is 4.79 Å². The van der Waals surface area contributed by atoms with Crippen molar-refractivity contribution in [1.82, 2.24) is 4.90 Å². The van der Waals surface area contributed by atoms with Crippen LogP contribution in [-0.2, 0) is 4.79 Å². The molecule has 1 saturated heterocycles. The highest BCUT2D eigenvalue weighted by atomic mass is 16.2. The summed E-state index contributed by atoms with van der Waals surface area (Å²) in [6.07, 6.45) is 0. The molecular formula is C12H16N2O. The van der Waals surface area contributed by atoms with Gasteiger partial charge in [0.05, 0.1) is 6.54 Å². The molecule has 1 amide bonds. The molecule has 3 nitrogen and oxygen atoms in total. The summed E-state index contributed by atoms with van der Waals surface area (Å²) in [7, 11) is 1.86. The maximum Gasteiger partial charge on any atom is 0.241 e. The third kappa shape index (κ3) is 2.12. The van der Waals surface area contributed by atoms with Crippen LogP contribution in [-0.4, -0.2) is 37.5 Å². The number of hydrogen-bond donors (Lipinski definition) is 0. The summed E-state index contributed by atoms with van der Waals surface area (Å²) < 4.78 is 0. The second kappa shape index (κ2) is 3.93. The standard InChI is InChI=1S/C12H16N2O/c1-10-4-3-5-11(8-10)14-7-6-13(2)12(15)9-14/h3-5,8H,6-7,9H2,1-2H3. The highest BCUT2D eigenvalue weighted by Gasteiger charge is 2.20. The number of amides is 1. The molecule has 80 valence electrons. The summed E-state index contributed by atoms with van der Waals surface area (Å²) in [4.78, 5) is 15.5. The second-order valence-electron chi connectivity index (χ2n) is 4.08. The largest absolute Gasteiger partial charge is 0.360 e. The summed E-state index contributed by atoms with van der Waals surface area (Å²) in [5.74, 6) is 0.197. The molecule has 0 radical (unpaired) electrons. The fourth-order valence-electron chi connectivity index (χ4n) is 1.80. The Kier molecular flexibility index (Phi) is 2.62. The van der Waals surface area contributed by atoms with Crippen molar-refractivity contribution in [1.29, 1.82) is 0 Å². The van der Waals surface area contributed by atoms with Gasteiger partial charge in [0.25, 0.3) is 0 Å². The number of aryl methyl sites for hydroxylation is 1. The van der Waals surface area contributed by atoms with Crippen LogP contribution in [0, 0.1) is 6.92 Å². The lowest BCUT2D eigenvalue weighted by Gasteiger charge is -2.33. The van der Waals surface area contributed by atoms with E-state index in [-0.39, 0.29) is 5.91 Å². The van der Waals surface area contributed by atoms with E-state index in [0.717, 1.165) is 18.8 Å². The fourth-order valence-corrected chi connectivity index (χ4v) is 1.80. The SMILES string of the molecule is Cc1cccc(N2CCN(C)C(=O)C2)c1. The minimum Gasteiger partial charge on any atom is -0.360 e. The highest BCUT2D eigenvalue weighted by Crippen LogP contribution is 2.17. The average molecular weight is 204 g/mol. The van der Waals surface area contributed by atoms with Gasteiger partial charge >= 0.3 is 0 Å². The van der Waals surface area contributed by atoms with Gasteiger partial charge in [-0.2, -0.15) is 0 Å². The zero-order chi connectivity index (χ0) is 10.8. The van der Waals surface area contributed by atoms with E-state index in [0.29, 0.717) is 6.54 Å². The Labute approximate surface area is 90.3 Å². The number of nitrogens with zero attached hydrogens (tertiary/aromatic N) is 2. The van der Waals surface area contributed by atoms with E-state index in [2.05, 4.69) is 30.0 Å². The third-order valence-electron chi connectivity index (χ3n) is 2.82. The Morgan fingerprint density at radius 3 is 2.73 bits per heavy atom. The Hall–Kier alpha value is -1.51. The number of piperazine rings is 1. The van der Waals surface area contributed by atoms with Crippen molar-refractivity contribution in [3.05, 3.63) is 29.8 Å². The quantitative estimate of drug-likeness (QED) is 0.688. The van der Waals surface area contributed by atoms with Gasteiger partial charge in [0, 0.05) is 25.8 Å². The number of carbonyl (C=O) groups is 1. The minimum atomic E-state index is 0.197. The van der Waals surface area contributed by atoms with Gasteiger partial charge in [-0.15, -0.1) is 0 Å². The first-order chi connectivity index (χ1) is 7.16. The Balaban J connectivity index is 2.15. The lowest BCUT2D eigenvalue weighted by atomic mass is 10.2. The summed E-state index contributed by atoms with van der Waals surface area (Å²) in [6.45, 7) is 4.31. The first-order valence-electron chi connectivity index (χ1n) is 5.22. The molecule has 1 aliphatic rings. The van der Waals surface area contributed by atoms with Crippen LogP contribution >= 0.6 is 0 Å². The zero-order valence-corrected chi connectivity index (χ0v) is 9.23. The summed E-state index contributed by atoms with van der Waals surface area (Å²) in [5, 5.41) is 0. The van der Waals surface area contributed by atoms with Gasteiger partial charge in [0.1, 0.15) is 0 Å². The van der Waals surface area contributed by atoms with Crippen molar-refractivity contribution in [3.8, 4) is 0 Å². The molecule has 0 spiro atoms. The molecule has 1 heterocycles. The number of likely N-dealkylation sites (N-methyl/N-ethyl adjacent to an activating group) is 1. The molecule has 1 aliphatic heterocycles. The van der Waals surface area contributed by atoms with Crippen LogP contribution in [0.25, 0.3) is 0 Å². The molecule has 1 aromatic rings. The number of hydrogen-bond acceptors (Lipinski definition) is 2. The van der Waals surface area contributed by atoms with Gasteiger partial charge in [-0.05, 0) is 24.6 Å². The van der Waals surface area contributed by atoms with Crippen molar-refractivity contribution in [2.24, 2.45) is 0 Å². The van der Waals surface area contributed by atoms with Gasteiger partial charge in [-0.1, -0.05) is 12.1 Å². The molecule has 0 aliphatic carbocycles. The van der Waals surface area contributed by atoms with E-state index < -0.39 is 0 Å². The minimum absolute atomic E-state index is 0.197. The van der Waals surface area contributed by atoms with Crippen LogP contribution in [0.4, 0.5) is 5.69 Å². The Bertz CT molecular complexity index is 376. The molecule has 0 atom stereocenters. The summed E-state index contributed by atoms with van der Waals surface area (Å²) >= 11 is 0. The van der Waals surface area contributed by atoms with Gasteiger partial charge in [-0.25, -0.2) is 0 Å². The van der Waals surface area contributed by atoms with E-state index in [4.69, 9.17) is 0 Å². The summed E-state index contributed by atoms with van der Waals surface area (Å²) in [5.41, 5.74) is 2.38. The first-order valence-corrected chi connectivity index (χ1v) is 5.22. The van der Waals surface area contributed by atoms with Crippen LogP contribution in [0.2, 0.25) is 0 Å². The topological polar surface area (TPSA) is 23.6 Å². The smallest absolute Gasteiger partial charge is 0.241 e. The zero-order valence-electron chi connectivity index (χ0n) is 9.23. The van der Waals surface area contributed by atoms with E-state index in [1.165, 1.54) is 5.56 Å². The van der Waals surface area contributed by atoms with Crippen LogP contribution in [0.5, 0.6) is 0 Å². The van der Waals surface area contributed by atoms with E-state index in [1.54, 1.807) is 4.90 Å². The van der Waals surface area contributed by atoms with Crippen molar-refractivity contribution in [2.45, 2.75) is 6.92 Å². The number of carbonyl (C=O) groups excluding carboxylic acids is 1. The van der Waals surface area contributed by atoms with Gasteiger partial charge < -0.3 is 9.80 Å². The van der Waals surface area contributed by atoms with Crippen molar-refractivity contribution in [2.75, 3.05) is 31.6 Å². The van der Waals surface area contributed by atoms with E-state index in [1.807, 2.05) is 13.1 Å². The second-order valence-corrected chi connectivity index (χ2v) is 4.08. The van der Waals surface area contributed by atoms with Crippen molar-refractivity contribution >= 4 is 11.6 Å². The van der Waals surface area contributed by atoms with Crippen LogP contribution in [0.1, 0.15) is 5.56 Å². The molecule has 2 rings (SSSR count). The number of rotatable bonds is 1. The molecular weight excluding hydrogens is 188 g/mol. The molecule has 0 aromatic heterocycles. The molecule has 3 heteroatoms. The van der Waals surface area contributed by atoms with E-state index >= 15 is 0 Å². The van der Waals surface area contributed by atoms with Crippen LogP contribution in [0.15, 0.2) is 24.3 Å². The monoisotopic (exact) mass is 204 g/mol. The normalized spacial score (nSPS) is 17.1. The lowest BCUT2D eigenvalue weighted by molar-refractivity contribution is -0.129. The highest BCUT2D eigenvalue weighted by molar-refractivity contribution is 5.82. The van der Waals surface area contributed by atoms with Gasteiger partial charge in [-0.3, -0.25) is 4.79 Å².